The molecule has 0 fully saturated rings. The van der Waals surface area contributed by atoms with Crippen LogP contribution in [0.4, 0.5) is 14.5 Å². The fraction of sp³-hybridized carbons (Fsp3) is 0.235. The Balaban J connectivity index is 1.80. The SMILES string of the molecule is O=C(CS(=O)(=O)C1CCc2c(F)cc(F)cc21)Nc1ccccc1Cl. The summed E-state index contributed by atoms with van der Waals surface area (Å²) in [5.74, 6) is -3.13. The fourth-order valence-corrected chi connectivity index (χ4v) is 4.91. The van der Waals surface area contributed by atoms with Crippen LogP contribution in [0.5, 0.6) is 0 Å². The van der Waals surface area contributed by atoms with Crippen LogP contribution in [0.1, 0.15) is 22.8 Å². The first-order chi connectivity index (χ1) is 11.8. The molecule has 2 aromatic rings. The number of sulfone groups is 1. The molecule has 0 aliphatic heterocycles. The number of amides is 1. The van der Waals surface area contributed by atoms with Gasteiger partial charge in [-0.05, 0) is 42.2 Å². The standard InChI is InChI=1S/C17H14ClF2NO3S/c18-13-3-1-2-4-15(13)21-17(22)9-25(23,24)16-6-5-11-12(16)7-10(19)8-14(11)20/h1-4,7-8,16H,5-6,9H2,(H,21,22). The predicted molar refractivity (Wildman–Crippen MR) is 91.3 cm³/mol. The number of halogens is 3. The third kappa shape index (κ3) is 3.67. The van der Waals surface area contributed by atoms with E-state index in [2.05, 4.69) is 5.32 Å². The average molecular weight is 386 g/mol. The van der Waals surface area contributed by atoms with Crippen molar-refractivity contribution in [2.75, 3.05) is 11.1 Å². The molecule has 0 bridgehead atoms. The van der Waals surface area contributed by atoms with E-state index in [-0.39, 0.29) is 29.0 Å². The number of benzene rings is 2. The van der Waals surface area contributed by atoms with Crippen molar-refractivity contribution in [2.24, 2.45) is 0 Å². The molecule has 1 amide bonds. The number of hydrogen-bond acceptors (Lipinski definition) is 3. The molecule has 1 unspecified atom stereocenters. The maximum Gasteiger partial charge on any atom is 0.239 e. The molecule has 2 aromatic carbocycles. The van der Waals surface area contributed by atoms with Gasteiger partial charge in [-0.1, -0.05) is 23.7 Å². The average Bonchev–Trinajstić information content (AvgIpc) is 2.94. The Morgan fingerprint density at radius 1 is 1.24 bits per heavy atom. The summed E-state index contributed by atoms with van der Waals surface area (Å²) in [4.78, 5) is 12.1. The number of carbonyl (C=O) groups is 1. The molecule has 0 saturated carbocycles. The van der Waals surface area contributed by atoms with E-state index < -0.39 is 38.4 Å². The lowest BCUT2D eigenvalue weighted by molar-refractivity contribution is -0.113. The topological polar surface area (TPSA) is 63.2 Å². The van der Waals surface area contributed by atoms with Crippen LogP contribution in [0.2, 0.25) is 5.02 Å². The van der Waals surface area contributed by atoms with Gasteiger partial charge in [0.15, 0.2) is 9.84 Å². The maximum absolute atomic E-state index is 13.8. The molecule has 0 spiro atoms. The van der Waals surface area contributed by atoms with E-state index in [1.807, 2.05) is 0 Å². The van der Waals surface area contributed by atoms with E-state index in [1.54, 1.807) is 24.3 Å². The zero-order valence-corrected chi connectivity index (χ0v) is 14.5. The van der Waals surface area contributed by atoms with Crippen LogP contribution in [0.25, 0.3) is 0 Å². The van der Waals surface area contributed by atoms with E-state index in [0.717, 1.165) is 12.1 Å². The van der Waals surface area contributed by atoms with Crippen LogP contribution in [-0.4, -0.2) is 20.1 Å². The van der Waals surface area contributed by atoms with Gasteiger partial charge in [-0.2, -0.15) is 0 Å². The van der Waals surface area contributed by atoms with Gasteiger partial charge in [0.05, 0.1) is 16.0 Å². The minimum atomic E-state index is -3.93. The summed E-state index contributed by atoms with van der Waals surface area (Å²) in [6.45, 7) is 0. The summed E-state index contributed by atoms with van der Waals surface area (Å²) in [7, 11) is -3.93. The van der Waals surface area contributed by atoms with Crippen molar-refractivity contribution in [1.29, 1.82) is 0 Å². The van der Waals surface area contributed by atoms with Gasteiger partial charge < -0.3 is 5.32 Å². The van der Waals surface area contributed by atoms with Crippen LogP contribution in [0.15, 0.2) is 36.4 Å². The smallest absolute Gasteiger partial charge is 0.239 e. The second-order valence-electron chi connectivity index (χ2n) is 5.82. The number of fused-ring (bicyclic) bond motifs is 1. The Bertz CT molecular complexity index is 947. The number of para-hydroxylation sites is 1. The van der Waals surface area contributed by atoms with E-state index in [9.17, 15) is 22.0 Å². The van der Waals surface area contributed by atoms with Crippen molar-refractivity contribution < 1.29 is 22.0 Å². The summed E-state index contributed by atoms with van der Waals surface area (Å²) >= 11 is 5.92. The first-order valence-electron chi connectivity index (χ1n) is 7.51. The third-order valence-corrected chi connectivity index (χ3v) is 6.46. The minimum absolute atomic E-state index is 0.100. The Labute approximate surface area is 148 Å². The van der Waals surface area contributed by atoms with Crippen LogP contribution in [0.3, 0.4) is 0 Å². The number of anilines is 1. The molecule has 0 heterocycles. The van der Waals surface area contributed by atoms with Crippen molar-refractivity contribution in [1.82, 2.24) is 0 Å². The minimum Gasteiger partial charge on any atom is -0.324 e. The van der Waals surface area contributed by atoms with Gasteiger partial charge in [0.1, 0.15) is 17.4 Å². The quantitative estimate of drug-likeness (QED) is 0.873. The number of rotatable bonds is 4. The van der Waals surface area contributed by atoms with Crippen molar-refractivity contribution in [3.8, 4) is 0 Å². The highest BCUT2D eigenvalue weighted by atomic mass is 35.5. The molecule has 4 nitrogen and oxygen atoms in total. The van der Waals surface area contributed by atoms with E-state index >= 15 is 0 Å². The Morgan fingerprint density at radius 2 is 1.96 bits per heavy atom. The summed E-state index contributed by atoms with van der Waals surface area (Å²) in [6, 6.07) is 8.19. The van der Waals surface area contributed by atoms with Crippen molar-refractivity contribution in [2.45, 2.75) is 18.1 Å². The largest absolute Gasteiger partial charge is 0.324 e. The zero-order chi connectivity index (χ0) is 18.2. The van der Waals surface area contributed by atoms with Gasteiger partial charge in [-0.15, -0.1) is 0 Å². The maximum atomic E-state index is 13.8. The summed E-state index contributed by atoms with van der Waals surface area (Å²) in [5, 5.41) is 1.63. The normalized spacial score (nSPS) is 16.5. The molecular formula is C17H14ClF2NO3S. The summed E-state index contributed by atoms with van der Waals surface area (Å²) in [6.07, 6.45) is 0.314. The fourth-order valence-electron chi connectivity index (χ4n) is 3.01. The third-order valence-electron chi connectivity index (χ3n) is 4.11. The summed E-state index contributed by atoms with van der Waals surface area (Å²) in [5.41, 5.74) is 0.595. The van der Waals surface area contributed by atoms with Crippen LogP contribution in [0, 0.1) is 11.6 Å². The molecule has 8 heteroatoms. The Morgan fingerprint density at radius 3 is 2.68 bits per heavy atom. The first kappa shape index (κ1) is 17.8. The van der Waals surface area contributed by atoms with Crippen LogP contribution in [-0.2, 0) is 21.1 Å². The van der Waals surface area contributed by atoms with Crippen LogP contribution < -0.4 is 5.32 Å². The molecular weight excluding hydrogens is 372 g/mol. The predicted octanol–water partition coefficient (Wildman–Crippen LogP) is 3.66. The van der Waals surface area contributed by atoms with E-state index in [4.69, 9.17) is 11.6 Å². The summed E-state index contributed by atoms with van der Waals surface area (Å²) < 4.78 is 52.4. The van der Waals surface area contributed by atoms with Gasteiger partial charge >= 0.3 is 0 Å². The van der Waals surface area contributed by atoms with Crippen LogP contribution >= 0.6 is 11.6 Å². The Kier molecular flexibility index (Phi) is 4.79. The highest BCUT2D eigenvalue weighted by Crippen LogP contribution is 2.39. The highest BCUT2D eigenvalue weighted by Gasteiger charge is 2.36. The molecule has 1 N–H and O–H groups in total. The first-order valence-corrected chi connectivity index (χ1v) is 9.61. The lowest BCUT2D eigenvalue weighted by Gasteiger charge is -2.14. The van der Waals surface area contributed by atoms with E-state index in [0.29, 0.717) is 5.69 Å². The van der Waals surface area contributed by atoms with Gasteiger partial charge in [0.2, 0.25) is 5.91 Å². The number of carbonyl (C=O) groups excluding carboxylic acids is 1. The van der Waals surface area contributed by atoms with E-state index in [1.165, 1.54) is 0 Å². The second-order valence-corrected chi connectivity index (χ2v) is 8.41. The lowest BCUT2D eigenvalue weighted by Crippen LogP contribution is -2.26. The molecule has 25 heavy (non-hydrogen) atoms. The second kappa shape index (κ2) is 6.72. The molecule has 0 radical (unpaired) electrons. The lowest BCUT2D eigenvalue weighted by atomic mass is 10.1. The molecule has 1 aliphatic rings. The Hall–Kier alpha value is -1.99. The van der Waals surface area contributed by atoms with Gasteiger partial charge in [0.25, 0.3) is 0 Å². The molecule has 1 aliphatic carbocycles. The zero-order valence-electron chi connectivity index (χ0n) is 12.9. The van der Waals surface area contributed by atoms with Gasteiger partial charge in [-0.3, -0.25) is 4.79 Å². The monoisotopic (exact) mass is 385 g/mol. The molecule has 0 aromatic heterocycles. The molecule has 1 atom stereocenters. The molecule has 132 valence electrons. The van der Waals surface area contributed by atoms with Crippen molar-refractivity contribution >= 4 is 33.0 Å². The highest BCUT2D eigenvalue weighted by molar-refractivity contribution is 7.92. The van der Waals surface area contributed by atoms with Gasteiger partial charge in [-0.25, -0.2) is 17.2 Å². The van der Waals surface area contributed by atoms with Gasteiger partial charge in [0, 0.05) is 6.07 Å². The molecule has 0 saturated heterocycles. The van der Waals surface area contributed by atoms with Crippen molar-refractivity contribution in [3.63, 3.8) is 0 Å². The van der Waals surface area contributed by atoms with Crippen molar-refractivity contribution in [3.05, 3.63) is 64.2 Å². The number of nitrogens with one attached hydrogen (secondary N) is 1. The molecule has 3 rings (SSSR count). The number of hydrogen-bond donors (Lipinski definition) is 1.